The molecule has 0 bridgehead atoms. The Kier molecular flexibility index (Phi) is 4.33. The number of carbonyl (C=O) groups is 1. The van der Waals surface area contributed by atoms with E-state index in [2.05, 4.69) is 4.98 Å². The van der Waals surface area contributed by atoms with Gasteiger partial charge in [-0.1, -0.05) is 0 Å². The quantitative estimate of drug-likeness (QED) is 0.829. The first-order valence-electron chi connectivity index (χ1n) is 8.18. The zero-order valence-corrected chi connectivity index (χ0v) is 14.3. The molecule has 5 nitrogen and oxygen atoms in total. The molecule has 1 aromatic rings. The first-order valence-corrected chi connectivity index (χ1v) is 8.18. The second-order valence-corrected chi connectivity index (χ2v) is 7.56. The number of ether oxygens (including phenoxy) is 2. The predicted octanol–water partition coefficient (Wildman–Crippen LogP) is 3.59. The maximum Gasteiger partial charge on any atom is 0.433 e. The highest BCUT2D eigenvalue weighted by molar-refractivity contribution is 5.69. The molecule has 1 aromatic heterocycles. The van der Waals surface area contributed by atoms with Gasteiger partial charge in [-0.15, -0.1) is 0 Å². The molecule has 1 saturated heterocycles. The molecule has 0 N–H and O–H groups in total. The molecular formula is C17H21F3N2O3. The van der Waals surface area contributed by atoms with Crippen LogP contribution in [0.1, 0.15) is 26.5 Å². The fraction of sp³-hybridized carbons (Fsp3) is 0.647. The summed E-state index contributed by atoms with van der Waals surface area (Å²) >= 11 is 0. The van der Waals surface area contributed by atoms with Gasteiger partial charge in [0, 0.05) is 31.3 Å². The number of halogens is 3. The van der Waals surface area contributed by atoms with E-state index in [1.807, 2.05) is 20.8 Å². The molecule has 1 aliphatic heterocycles. The molecule has 1 saturated carbocycles. The van der Waals surface area contributed by atoms with Crippen LogP contribution in [0.4, 0.5) is 18.0 Å². The summed E-state index contributed by atoms with van der Waals surface area (Å²) in [4.78, 5) is 17.0. The fourth-order valence-corrected chi connectivity index (χ4v) is 3.22. The third-order valence-corrected chi connectivity index (χ3v) is 4.49. The Balaban J connectivity index is 1.47. The third kappa shape index (κ3) is 4.16. The minimum Gasteiger partial charge on any atom is -0.493 e. The summed E-state index contributed by atoms with van der Waals surface area (Å²) in [6, 6.07) is 2.32. The lowest BCUT2D eigenvalue weighted by Gasteiger charge is -2.25. The lowest BCUT2D eigenvalue weighted by molar-refractivity contribution is -0.141. The van der Waals surface area contributed by atoms with Crippen molar-refractivity contribution in [3.63, 3.8) is 0 Å². The van der Waals surface area contributed by atoms with Crippen molar-refractivity contribution in [2.24, 2.45) is 17.8 Å². The summed E-state index contributed by atoms with van der Waals surface area (Å²) < 4.78 is 48.8. The molecule has 3 rings (SSSR count). The van der Waals surface area contributed by atoms with Gasteiger partial charge in [-0.05, 0) is 38.7 Å². The fourth-order valence-electron chi connectivity index (χ4n) is 3.22. The van der Waals surface area contributed by atoms with Crippen molar-refractivity contribution in [1.82, 2.24) is 9.88 Å². The van der Waals surface area contributed by atoms with Crippen LogP contribution in [0.2, 0.25) is 0 Å². The molecule has 1 aliphatic carbocycles. The zero-order chi connectivity index (χ0) is 18.4. The standard InChI is InChI=1S/C17H21F3N2O3/c1-16(2,3)25-15(23)22-7-11-12(8-22)13(11)9-24-10-4-5-21-14(6-10)17(18,19)20/h4-6,11-13H,7-9H2,1-3H3/t11-,12+,13?. The summed E-state index contributed by atoms with van der Waals surface area (Å²) in [7, 11) is 0. The molecule has 3 atom stereocenters. The lowest BCUT2D eigenvalue weighted by atomic mass is 10.2. The molecule has 25 heavy (non-hydrogen) atoms. The highest BCUT2D eigenvalue weighted by Gasteiger charge is 2.57. The number of nitrogens with zero attached hydrogens (tertiary/aromatic N) is 2. The first-order chi connectivity index (χ1) is 11.5. The van der Waals surface area contributed by atoms with Gasteiger partial charge in [0.05, 0.1) is 6.61 Å². The molecule has 0 spiro atoms. The van der Waals surface area contributed by atoms with Crippen molar-refractivity contribution in [3.8, 4) is 5.75 Å². The van der Waals surface area contributed by atoms with Crippen LogP contribution in [-0.2, 0) is 10.9 Å². The van der Waals surface area contributed by atoms with Crippen molar-refractivity contribution >= 4 is 6.09 Å². The Morgan fingerprint density at radius 3 is 2.48 bits per heavy atom. The highest BCUT2D eigenvalue weighted by atomic mass is 19.4. The zero-order valence-electron chi connectivity index (χ0n) is 14.3. The minimum absolute atomic E-state index is 0.163. The van der Waals surface area contributed by atoms with Gasteiger partial charge in [0.1, 0.15) is 17.0 Å². The molecule has 2 fully saturated rings. The van der Waals surface area contributed by atoms with Crippen molar-refractivity contribution < 1.29 is 27.4 Å². The van der Waals surface area contributed by atoms with Gasteiger partial charge in [-0.2, -0.15) is 13.2 Å². The van der Waals surface area contributed by atoms with Crippen LogP contribution in [0.15, 0.2) is 18.3 Å². The van der Waals surface area contributed by atoms with E-state index in [0.29, 0.717) is 31.5 Å². The summed E-state index contributed by atoms with van der Waals surface area (Å²) in [6.07, 6.45) is -3.71. The summed E-state index contributed by atoms with van der Waals surface area (Å²) in [5.41, 5.74) is -1.48. The van der Waals surface area contributed by atoms with E-state index in [9.17, 15) is 18.0 Å². The Morgan fingerprint density at radius 1 is 1.28 bits per heavy atom. The van der Waals surface area contributed by atoms with E-state index in [0.717, 1.165) is 12.3 Å². The molecule has 8 heteroatoms. The average Bonchev–Trinajstić information content (AvgIpc) is 2.93. The van der Waals surface area contributed by atoms with Gasteiger partial charge < -0.3 is 14.4 Å². The van der Waals surface area contributed by atoms with E-state index >= 15 is 0 Å². The second-order valence-electron chi connectivity index (χ2n) is 7.56. The average molecular weight is 358 g/mol. The molecule has 2 heterocycles. The van der Waals surface area contributed by atoms with Crippen LogP contribution in [0.3, 0.4) is 0 Å². The number of carbonyl (C=O) groups excluding carboxylic acids is 1. The number of pyridine rings is 1. The third-order valence-electron chi connectivity index (χ3n) is 4.49. The molecule has 138 valence electrons. The Morgan fingerprint density at radius 2 is 1.92 bits per heavy atom. The van der Waals surface area contributed by atoms with Gasteiger partial charge in [0.15, 0.2) is 0 Å². The van der Waals surface area contributed by atoms with Crippen LogP contribution in [0, 0.1) is 17.8 Å². The van der Waals surface area contributed by atoms with Crippen molar-refractivity contribution in [3.05, 3.63) is 24.0 Å². The summed E-state index contributed by atoms with van der Waals surface area (Å²) in [6.45, 7) is 7.03. The van der Waals surface area contributed by atoms with Gasteiger partial charge in [0.2, 0.25) is 0 Å². The maximum atomic E-state index is 12.6. The van der Waals surface area contributed by atoms with E-state index < -0.39 is 17.5 Å². The number of alkyl halides is 3. The largest absolute Gasteiger partial charge is 0.493 e. The second kappa shape index (κ2) is 6.07. The van der Waals surface area contributed by atoms with E-state index in [4.69, 9.17) is 9.47 Å². The van der Waals surface area contributed by atoms with Crippen LogP contribution in [-0.4, -0.2) is 41.3 Å². The van der Waals surface area contributed by atoms with Crippen molar-refractivity contribution in [2.45, 2.75) is 32.5 Å². The van der Waals surface area contributed by atoms with Gasteiger partial charge in [-0.25, -0.2) is 4.79 Å². The monoisotopic (exact) mass is 358 g/mol. The number of amides is 1. The van der Waals surface area contributed by atoms with E-state index in [1.54, 1.807) is 4.90 Å². The molecule has 1 unspecified atom stereocenters. The van der Waals surface area contributed by atoms with Crippen LogP contribution < -0.4 is 4.74 Å². The van der Waals surface area contributed by atoms with Gasteiger partial charge >= 0.3 is 12.3 Å². The molecular weight excluding hydrogens is 337 g/mol. The Bertz CT molecular complexity index is 645. The number of rotatable bonds is 3. The Labute approximate surface area is 144 Å². The maximum absolute atomic E-state index is 12.6. The topological polar surface area (TPSA) is 51.7 Å². The van der Waals surface area contributed by atoms with Crippen LogP contribution in [0.5, 0.6) is 5.75 Å². The van der Waals surface area contributed by atoms with E-state index in [1.165, 1.54) is 6.07 Å². The first kappa shape index (κ1) is 17.8. The smallest absolute Gasteiger partial charge is 0.433 e. The molecule has 0 aromatic carbocycles. The highest BCUT2D eigenvalue weighted by Crippen LogP contribution is 2.52. The van der Waals surface area contributed by atoms with Gasteiger partial charge in [-0.3, -0.25) is 4.98 Å². The molecule has 1 amide bonds. The number of likely N-dealkylation sites (tertiary alicyclic amines) is 1. The van der Waals surface area contributed by atoms with Crippen molar-refractivity contribution in [2.75, 3.05) is 19.7 Å². The number of hydrogen-bond acceptors (Lipinski definition) is 4. The SMILES string of the molecule is CC(C)(C)OC(=O)N1C[C@@H]2C(COc3ccnc(C(F)(F)F)c3)[C@@H]2C1. The van der Waals surface area contributed by atoms with E-state index in [-0.39, 0.29) is 17.8 Å². The number of piperidine rings is 1. The van der Waals surface area contributed by atoms with Crippen LogP contribution in [0.25, 0.3) is 0 Å². The van der Waals surface area contributed by atoms with Crippen LogP contribution >= 0.6 is 0 Å². The summed E-state index contributed by atoms with van der Waals surface area (Å²) in [5, 5.41) is 0. The van der Waals surface area contributed by atoms with Crippen molar-refractivity contribution in [1.29, 1.82) is 0 Å². The predicted molar refractivity (Wildman–Crippen MR) is 83.0 cm³/mol. The normalized spacial score (nSPS) is 25.5. The number of aromatic nitrogens is 1. The minimum atomic E-state index is -4.48. The Hall–Kier alpha value is -1.99. The molecule has 2 aliphatic rings. The lowest BCUT2D eigenvalue weighted by Crippen LogP contribution is -2.37. The number of fused-ring (bicyclic) bond motifs is 1. The molecule has 0 radical (unpaired) electrons. The van der Waals surface area contributed by atoms with Gasteiger partial charge in [0.25, 0.3) is 0 Å². The summed E-state index contributed by atoms with van der Waals surface area (Å²) in [5.74, 6) is 1.09. The number of hydrogen-bond donors (Lipinski definition) is 0.